The third kappa shape index (κ3) is 23.7. The van der Waals surface area contributed by atoms with Crippen molar-refractivity contribution in [3.05, 3.63) is 227 Å². The van der Waals surface area contributed by atoms with Crippen LogP contribution in [0, 0.1) is 12.7 Å². The molecule has 25 nitrogen and oxygen atoms in total. The molecule has 8 N–H and O–H groups in total. The molecule has 10 aromatic rings. The Labute approximate surface area is 627 Å². The third-order valence-corrected chi connectivity index (χ3v) is 28.4. The van der Waals surface area contributed by atoms with E-state index in [0.29, 0.717) is 23.7 Å². The summed E-state index contributed by atoms with van der Waals surface area (Å²) in [6.07, 6.45) is 1.97. The number of anilines is 8. The maximum atomic E-state index is 13.0. The summed E-state index contributed by atoms with van der Waals surface area (Å²) in [6.45, 7) is 1.69. The van der Waals surface area contributed by atoms with Crippen LogP contribution in [0.25, 0.3) is 0 Å². The van der Waals surface area contributed by atoms with Crippen molar-refractivity contribution < 1.29 is 76.5 Å². The van der Waals surface area contributed by atoms with Gasteiger partial charge in [0.2, 0.25) is 20.0 Å². The summed E-state index contributed by atoms with van der Waals surface area (Å²) in [4.78, 5) is -0.242. The number of aryl methyl sites for hydroxylation is 1. The largest absolute Gasteiger partial charge is 0.495 e. The van der Waals surface area contributed by atoms with Crippen molar-refractivity contribution in [2.75, 3.05) is 57.4 Å². The predicted octanol–water partition coefficient (Wildman–Crippen LogP) is 15.0. The Balaban J connectivity index is 0.000000190. The second kappa shape index (κ2) is 33.8. The molecule has 101 heavy (non-hydrogen) atoms. The Morgan fingerprint density at radius 3 is 1.05 bits per heavy atom. The Bertz CT molecular complexity index is 5650. The standard InChI is InChI=1S/C17H14BrClN2O5S3.C16H11Cl2FN2O4S3.C14H15ClN2O4S2.C11H11ClN2O4S3/c1-26-14-7-6-11(18)10-15(14)28(22,23)20-12-4-2-3-5-13(12)21-29(24,25)17-9-8-16(19)27-17;17-12-9-15(26-16(12)18)28(24,25)21-14-4-2-1-3-13(14)20-27(22,23)11-7-5-10(19)6-8-11;1-10-9-11(7-8-12(10)15)23(20,21)17-14-6-4-3-5-13(14)16-22(2,18)19;1-20(15,16)13-8-4-2-3-5-9(8)14-21(17,18)11-7-6-10(12)19-11/h2-10,20-21H,1H3;1-9,20-21H;3-9,16-17H,1-2H3;2-7,13-14H,1H3. The van der Waals surface area contributed by atoms with Crippen molar-refractivity contribution in [1.29, 1.82) is 0 Å². The fourth-order valence-electron chi connectivity index (χ4n) is 7.84. The maximum absolute atomic E-state index is 13.0. The second-order valence-corrected chi connectivity index (χ2v) is 41.1. The highest BCUT2D eigenvalue weighted by Gasteiger charge is 2.27. The lowest BCUT2D eigenvalue weighted by Gasteiger charge is -2.15. The minimum absolute atomic E-state index is 0.00571. The van der Waals surface area contributed by atoms with Gasteiger partial charge in [-0.15, -0.1) is 34.0 Å². The Morgan fingerprint density at radius 1 is 0.366 bits per heavy atom. The molecular formula is C58H51BrCl5FN8O17S11. The highest BCUT2D eigenvalue weighted by molar-refractivity contribution is 9.10. The number of methoxy groups -OCH3 is 1. The molecule has 0 radical (unpaired) electrons. The van der Waals surface area contributed by atoms with Crippen LogP contribution in [0.4, 0.5) is 49.9 Å². The van der Waals surface area contributed by atoms with Gasteiger partial charge in [0.25, 0.3) is 60.1 Å². The zero-order valence-corrected chi connectivity index (χ0v) is 65.8. The maximum Gasteiger partial charge on any atom is 0.271 e. The minimum atomic E-state index is -4.08. The van der Waals surface area contributed by atoms with Gasteiger partial charge in [-0.25, -0.2) is 71.7 Å². The molecule has 0 aliphatic heterocycles. The van der Waals surface area contributed by atoms with Gasteiger partial charge in [-0.05, 0) is 152 Å². The van der Waals surface area contributed by atoms with Gasteiger partial charge in [-0.2, -0.15) is 0 Å². The lowest BCUT2D eigenvalue weighted by molar-refractivity contribution is 0.402. The quantitative estimate of drug-likeness (QED) is 0.0295. The van der Waals surface area contributed by atoms with E-state index in [4.69, 9.17) is 62.7 Å². The molecule has 0 saturated carbocycles. The molecule has 0 aliphatic rings. The van der Waals surface area contributed by atoms with E-state index in [1.807, 2.05) is 0 Å². The van der Waals surface area contributed by atoms with Crippen LogP contribution in [-0.2, 0) is 80.2 Å². The van der Waals surface area contributed by atoms with E-state index < -0.39 is 86.0 Å². The molecule has 0 atom stereocenters. The van der Waals surface area contributed by atoms with Gasteiger partial charge in [0.1, 0.15) is 33.4 Å². The lowest BCUT2D eigenvalue weighted by Crippen LogP contribution is -2.17. The van der Waals surface area contributed by atoms with Crippen molar-refractivity contribution in [3.8, 4) is 5.75 Å². The molecule has 0 saturated heterocycles. The van der Waals surface area contributed by atoms with Crippen molar-refractivity contribution in [3.63, 3.8) is 0 Å². The number of hydrogen-bond donors (Lipinski definition) is 8. The van der Waals surface area contributed by atoms with Gasteiger partial charge < -0.3 is 4.74 Å². The molecule has 7 aromatic carbocycles. The summed E-state index contributed by atoms with van der Waals surface area (Å²) >= 11 is 34.9. The topological polar surface area (TPSA) is 379 Å². The van der Waals surface area contributed by atoms with E-state index in [2.05, 4.69) is 53.7 Å². The van der Waals surface area contributed by atoms with Crippen molar-refractivity contribution in [1.82, 2.24) is 0 Å². The number of rotatable bonds is 23. The average molecular weight is 1760 g/mol. The molecule has 3 heterocycles. The second-order valence-electron chi connectivity index (χ2n) is 20.0. The molecule has 540 valence electrons. The summed E-state index contributed by atoms with van der Waals surface area (Å²) in [7, 11) is -29.5. The first-order chi connectivity index (χ1) is 47.0. The number of para-hydroxylation sites is 8. The highest BCUT2D eigenvalue weighted by atomic mass is 79.9. The molecule has 0 fully saturated rings. The molecular weight excluding hydrogens is 1710 g/mol. The molecule has 0 amide bonds. The van der Waals surface area contributed by atoms with E-state index in [9.17, 15) is 71.7 Å². The van der Waals surface area contributed by atoms with Crippen LogP contribution in [0.1, 0.15) is 5.56 Å². The first-order valence-corrected chi connectivity index (χ1v) is 45.1. The van der Waals surface area contributed by atoms with Crippen LogP contribution < -0.4 is 42.5 Å². The first kappa shape index (κ1) is 81.6. The number of benzene rings is 7. The minimum Gasteiger partial charge on any atom is -0.495 e. The summed E-state index contributed by atoms with van der Waals surface area (Å²) in [5.41, 5.74) is 1.28. The molecule has 10 rings (SSSR count). The van der Waals surface area contributed by atoms with E-state index in [0.717, 1.165) is 70.8 Å². The van der Waals surface area contributed by atoms with Crippen LogP contribution in [0.15, 0.2) is 220 Å². The van der Waals surface area contributed by atoms with Gasteiger partial charge in [0.05, 0.1) is 88.6 Å². The van der Waals surface area contributed by atoms with Crippen molar-refractivity contribution in [2.45, 2.75) is 34.2 Å². The normalized spacial score (nSPS) is 12.0. The number of ether oxygens (including phenoxy) is 1. The van der Waals surface area contributed by atoms with Gasteiger partial charge in [-0.1, -0.05) is 122 Å². The van der Waals surface area contributed by atoms with Crippen LogP contribution in [0.5, 0.6) is 5.75 Å². The summed E-state index contributed by atoms with van der Waals surface area (Å²) in [5, 5.41) is 0.556. The Morgan fingerprint density at radius 2 is 0.713 bits per heavy atom. The van der Waals surface area contributed by atoms with Crippen LogP contribution in [0.3, 0.4) is 0 Å². The fraction of sp³-hybridized carbons (Fsp3) is 0.0690. The molecule has 3 aromatic heterocycles. The Hall–Kier alpha value is -6.70. The van der Waals surface area contributed by atoms with Crippen LogP contribution in [0.2, 0.25) is 23.1 Å². The van der Waals surface area contributed by atoms with Gasteiger partial charge in [0.15, 0.2) is 0 Å². The zero-order chi connectivity index (χ0) is 74.7. The number of sulfonamides is 8. The van der Waals surface area contributed by atoms with Gasteiger partial charge >= 0.3 is 0 Å². The fourth-order valence-corrected chi connectivity index (χ4v) is 21.2. The van der Waals surface area contributed by atoms with Gasteiger partial charge in [0, 0.05) is 9.50 Å². The molecule has 0 unspecified atom stereocenters. The van der Waals surface area contributed by atoms with E-state index in [-0.39, 0.29) is 87.9 Å². The molecule has 43 heteroatoms. The predicted molar refractivity (Wildman–Crippen MR) is 404 cm³/mol. The lowest BCUT2D eigenvalue weighted by atomic mass is 10.2. The highest BCUT2D eigenvalue weighted by Crippen LogP contribution is 2.38. The Kier molecular flexibility index (Phi) is 27.3. The average Bonchev–Trinajstić information content (AvgIpc) is 0.993. The number of halogens is 7. The number of nitrogens with one attached hydrogen (secondary N) is 8. The molecule has 0 bridgehead atoms. The van der Waals surface area contributed by atoms with E-state index in [1.54, 1.807) is 49.4 Å². The van der Waals surface area contributed by atoms with Crippen molar-refractivity contribution in [2.24, 2.45) is 0 Å². The van der Waals surface area contributed by atoms with Crippen LogP contribution >= 0.6 is 108 Å². The number of thiophene rings is 3. The van der Waals surface area contributed by atoms with E-state index in [1.165, 1.54) is 128 Å². The summed E-state index contributed by atoms with van der Waals surface area (Å²) < 4.78 is 234. The van der Waals surface area contributed by atoms with Gasteiger partial charge in [-0.3, -0.25) is 37.8 Å². The van der Waals surface area contributed by atoms with Crippen molar-refractivity contribution >= 4 is 234 Å². The zero-order valence-electron chi connectivity index (χ0n) is 51.5. The monoisotopic (exact) mass is 1760 g/mol. The number of hydrogen-bond acceptors (Lipinski definition) is 20. The molecule has 0 aliphatic carbocycles. The van der Waals surface area contributed by atoms with E-state index >= 15 is 0 Å². The summed E-state index contributed by atoms with van der Waals surface area (Å²) in [6, 6.07) is 44.0. The summed E-state index contributed by atoms with van der Waals surface area (Å²) in [5.74, 6) is -0.438. The SMILES string of the molecule is COc1ccc(Br)cc1S(=O)(=O)Nc1ccccc1NS(=O)(=O)c1ccc(Cl)s1.CS(=O)(=O)Nc1ccccc1NS(=O)(=O)c1ccc(Cl)s1.Cc1cc(S(=O)(=O)Nc2ccccc2NS(C)(=O)=O)ccc1Cl.O=S(=O)(Nc1ccccc1NS(=O)(=O)c1cc(Cl)c(Cl)s1)c1ccc(F)cc1. The molecule has 0 spiro atoms. The first-order valence-electron chi connectivity index (χ1n) is 27.3. The van der Waals surface area contributed by atoms with Crippen LogP contribution in [-0.4, -0.2) is 87.0 Å². The third-order valence-electron chi connectivity index (χ3n) is 12.3. The smallest absolute Gasteiger partial charge is 0.271 e.